The number of fused-ring (bicyclic) bond motifs is 1. The van der Waals surface area contributed by atoms with E-state index in [2.05, 4.69) is 25.8 Å². The predicted octanol–water partition coefficient (Wildman–Crippen LogP) is 5.59. The maximum absolute atomic E-state index is 12.9. The van der Waals surface area contributed by atoms with Crippen molar-refractivity contribution < 1.29 is 18.7 Å². The number of carbonyl (C=O) groups is 1. The van der Waals surface area contributed by atoms with Gasteiger partial charge < -0.3 is 13.9 Å². The number of hydrogen-bond donors (Lipinski definition) is 0. The van der Waals surface area contributed by atoms with E-state index >= 15 is 0 Å². The predicted molar refractivity (Wildman–Crippen MR) is 115 cm³/mol. The molecule has 0 bridgehead atoms. The van der Waals surface area contributed by atoms with Gasteiger partial charge in [-0.3, -0.25) is 9.69 Å². The number of oxazole rings is 1. The first-order chi connectivity index (χ1) is 14.2. The second-order valence-electron chi connectivity index (χ2n) is 8.38. The van der Waals surface area contributed by atoms with Crippen LogP contribution >= 0.6 is 11.6 Å². The molecule has 0 fully saturated rings. The van der Waals surface area contributed by atoms with E-state index in [9.17, 15) is 4.79 Å². The molecule has 1 aliphatic rings. The monoisotopic (exact) mass is 426 g/mol. The molecule has 30 heavy (non-hydrogen) atoms. The molecule has 1 aliphatic heterocycles. The Morgan fingerprint density at radius 1 is 1.13 bits per heavy atom. The molecule has 6 nitrogen and oxygen atoms in total. The standard InChI is InChI=1S/C23H23ClN2O4/c1-23(2,3)13-29-18-10-9-16(11-19(18)28-4)26-12-17-20(22(26)27)30-21(25-17)14-5-7-15(24)8-6-14/h5-11H,12-13H2,1-4H3. The fraction of sp³-hybridized carbons (Fsp3) is 0.304. The summed E-state index contributed by atoms with van der Waals surface area (Å²) in [5.41, 5.74) is 2.10. The van der Waals surface area contributed by atoms with Gasteiger partial charge in [0, 0.05) is 22.3 Å². The Morgan fingerprint density at radius 3 is 2.50 bits per heavy atom. The van der Waals surface area contributed by atoms with E-state index in [1.165, 1.54) is 0 Å². The molecule has 3 aromatic rings. The van der Waals surface area contributed by atoms with Gasteiger partial charge in [-0.1, -0.05) is 32.4 Å². The van der Waals surface area contributed by atoms with Crippen LogP contribution in [0.4, 0.5) is 5.69 Å². The van der Waals surface area contributed by atoms with Crippen LogP contribution in [0, 0.1) is 5.41 Å². The third-order valence-corrected chi connectivity index (χ3v) is 4.91. The molecule has 2 heterocycles. The van der Waals surface area contributed by atoms with Gasteiger partial charge in [0.2, 0.25) is 11.7 Å². The summed E-state index contributed by atoms with van der Waals surface area (Å²) in [6.07, 6.45) is 0. The molecule has 2 aromatic carbocycles. The average Bonchev–Trinajstić information content (AvgIpc) is 3.26. The largest absolute Gasteiger partial charge is 0.493 e. The average molecular weight is 427 g/mol. The number of methoxy groups -OCH3 is 1. The third-order valence-electron chi connectivity index (χ3n) is 4.66. The molecular weight excluding hydrogens is 404 g/mol. The van der Waals surface area contributed by atoms with E-state index in [-0.39, 0.29) is 17.1 Å². The molecule has 0 aliphatic carbocycles. The molecule has 0 saturated carbocycles. The van der Waals surface area contributed by atoms with Crippen molar-refractivity contribution in [3.8, 4) is 23.0 Å². The van der Waals surface area contributed by atoms with E-state index in [1.54, 1.807) is 30.2 Å². The van der Waals surface area contributed by atoms with Crippen LogP contribution in [0.2, 0.25) is 5.02 Å². The number of benzene rings is 2. The van der Waals surface area contributed by atoms with Gasteiger partial charge in [0.15, 0.2) is 11.5 Å². The molecule has 156 valence electrons. The zero-order valence-electron chi connectivity index (χ0n) is 17.4. The van der Waals surface area contributed by atoms with Crippen molar-refractivity contribution in [2.45, 2.75) is 27.3 Å². The van der Waals surface area contributed by atoms with Crippen molar-refractivity contribution in [1.82, 2.24) is 4.98 Å². The Balaban J connectivity index is 1.55. The van der Waals surface area contributed by atoms with Gasteiger partial charge in [-0.05, 0) is 41.8 Å². The molecule has 0 N–H and O–H groups in total. The maximum Gasteiger partial charge on any atom is 0.296 e. The minimum atomic E-state index is -0.233. The van der Waals surface area contributed by atoms with E-state index in [4.69, 9.17) is 25.5 Å². The van der Waals surface area contributed by atoms with Gasteiger partial charge >= 0.3 is 0 Å². The first-order valence-corrected chi connectivity index (χ1v) is 10.0. The van der Waals surface area contributed by atoms with Crippen molar-refractivity contribution in [3.63, 3.8) is 0 Å². The molecular formula is C23H23ClN2O4. The Bertz CT molecular complexity index is 1080. The highest BCUT2D eigenvalue weighted by atomic mass is 35.5. The molecule has 0 saturated heterocycles. The number of aromatic nitrogens is 1. The molecule has 1 aromatic heterocycles. The lowest BCUT2D eigenvalue weighted by Crippen LogP contribution is -2.23. The quantitative estimate of drug-likeness (QED) is 0.532. The summed E-state index contributed by atoms with van der Waals surface area (Å²) in [7, 11) is 1.58. The Labute approximate surface area is 180 Å². The van der Waals surface area contributed by atoms with E-state index in [0.29, 0.717) is 46.9 Å². The second-order valence-corrected chi connectivity index (χ2v) is 8.81. The summed E-state index contributed by atoms with van der Waals surface area (Å²) in [5.74, 6) is 1.65. The SMILES string of the molecule is COc1cc(N2Cc3nc(-c4ccc(Cl)cc4)oc3C2=O)ccc1OCC(C)(C)C. The number of ether oxygens (including phenoxy) is 2. The molecule has 7 heteroatoms. The lowest BCUT2D eigenvalue weighted by Gasteiger charge is -2.21. The van der Waals surface area contributed by atoms with Crippen LogP contribution < -0.4 is 14.4 Å². The highest BCUT2D eigenvalue weighted by Gasteiger charge is 2.35. The molecule has 0 spiro atoms. The van der Waals surface area contributed by atoms with Gasteiger partial charge in [0.05, 0.1) is 20.3 Å². The van der Waals surface area contributed by atoms with Crippen molar-refractivity contribution >= 4 is 23.2 Å². The van der Waals surface area contributed by atoms with Crippen LogP contribution in [0.15, 0.2) is 46.9 Å². The first kappa shape index (κ1) is 20.3. The Hall–Kier alpha value is -2.99. The van der Waals surface area contributed by atoms with Gasteiger partial charge in [0.25, 0.3) is 5.91 Å². The first-order valence-electron chi connectivity index (χ1n) is 9.63. The highest BCUT2D eigenvalue weighted by Crippen LogP contribution is 2.37. The van der Waals surface area contributed by atoms with E-state index in [1.807, 2.05) is 24.3 Å². The number of hydrogen-bond acceptors (Lipinski definition) is 5. The summed E-state index contributed by atoms with van der Waals surface area (Å²) in [5, 5.41) is 0.629. The second kappa shape index (κ2) is 7.69. The molecule has 4 rings (SSSR count). The minimum absolute atomic E-state index is 0.0243. The summed E-state index contributed by atoms with van der Waals surface area (Å²) in [6, 6.07) is 12.6. The number of anilines is 1. The third kappa shape index (κ3) is 4.00. The maximum atomic E-state index is 12.9. The number of nitrogens with zero attached hydrogens (tertiary/aromatic N) is 2. The van der Waals surface area contributed by atoms with Crippen LogP contribution in [0.3, 0.4) is 0 Å². The van der Waals surface area contributed by atoms with Gasteiger partial charge in [-0.25, -0.2) is 4.98 Å². The van der Waals surface area contributed by atoms with Crippen molar-refractivity contribution in [2.75, 3.05) is 18.6 Å². The zero-order chi connectivity index (χ0) is 21.5. The highest BCUT2D eigenvalue weighted by molar-refractivity contribution is 6.30. The van der Waals surface area contributed by atoms with Crippen LogP contribution in [-0.4, -0.2) is 24.6 Å². The molecule has 0 unspecified atom stereocenters. The number of amides is 1. The summed E-state index contributed by atoms with van der Waals surface area (Å²) in [4.78, 5) is 19.1. The topological polar surface area (TPSA) is 64.8 Å². The van der Waals surface area contributed by atoms with Gasteiger partial charge in [0.1, 0.15) is 5.69 Å². The zero-order valence-corrected chi connectivity index (χ0v) is 18.1. The van der Waals surface area contributed by atoms with Crippen LogP contribution in [0.25, 0.3) is 11.5 Å². The lowest BCUT2D eigenvalue weighted by atomic mass is 9.99. The number of carbonyl (C=O) groups excluding carboxylic acids is 1. The fourth-order valence-electron chi connectivity index (χ4n) is 3.13. The lowest BCUT2D eigenvalue weighted by molar-refractivity contribution is 0.0972. The van der Waals surface area contributed by atoms with Gasteiger partial charge in [-0.2, -0.15) is 0 Å². The summed E-state index contributed by atoms with van der Waals surface area (Å²) >= 11 is 5.93. The van der Waals surface area contributed by atoms with Crippen LogP contribution in [0.5, 0.6) is 11.5 Å². The molecule has 0 atom stereocenters. The van der Waals surface area contributed by atoms with Crippen LogP contribution in [0.1, 0.15) is 37.0 Å². The van der Waals surface area contributed by atoms with Gasteiger partial charge in [-0.15, -0.1) is 0 Å². The van der Waals surface area contributed by atoms with E-state index in [0.717, 1.165) is 5.56 Å². The molecule has 0 radical (unpaired) electrons. The minimum Gasteiger partial charge on any atom is -0.493 e. The normalized spacial score (nSPS) is 13.5. The Kier molecular flexibility index (Phi) is 5.20. The Morgan fingerprint density at radius 2 is 1.87 bits per heavy atom. The van der Waals surface area contributed by atoms with Crippen LogP contribution in [-0.2, 0) is 6.54 Å². The summed E-state index contributed by atoms with van der Waals surface area (Å²) in [6.45, 7) is 7.18. The van der Waals surface area contributed by atoms with Crippen molar-refractivity contribution in [1.29, 1.82) is 0 Å². The summed E-state index contributed by atoms with van der Waals surface area (Å²) < 4.78 is 17.1. The van der Waals surface area contributed by atoms with E-state index < -0.39 is 0 Å². The molecule has 1 amide bonds. The number of halogens is 1. The smallest absolute Gasteiger partial charge is 0.296 e. The fourth-order valence-corrected chi connectivity index (χ4v) is 3.26. The van der Waals surface area contributed by atoms with Crippen molar-refractivity contribution in [2.24, 2.45) is 5.41 Å². The van der Waals surface area contributed by atoms with Crippen molar-refractivity contribution in [3.05, 3.63) is 58.9 Å². The number of rotatable bonds is 5.